The van der Waals surface area contributed by atoms with E-state index in [1.54, 1.807) is 10.9 Å². The van der Waals surface area contributed by atoms with Crippen LogP contribution >= 0.6 is 11.6 Å². The largest absolute Gasteiger partial charge is 0.395 e. The predicted molar refractivity (Wildman–Crippen MR) is 92.2 cm³/mol. The Morgan fingerprint density at radius 3 is 2.70 bits per heavy atom. The molecule has 23 heavy (non-hydrogen) atoms. The second-order valence-corrected chi connectivity index (χ2v) is 6.06. The number of hydrogen-bond donors (Lipinski definition) is 1. The number of aryl methyl sites for hydroxylation is 2. The minimum absolute atomic E-state index is 0.0798. The second-order valence-electron chi connectivity index (χ2n) is 5.70. The van der Waals surface area contributed by atoms with Gasteiger partial charge >= 0.3 is 0 Å². The maximum Gasteiger partial charge on any atom is 0.131 e. The van der Waals surface area contributed by atoms with Gasteiger partial charge in [-0.15, -0.1) is 0 Å². The van der Waals surface area contributed by atoms with Gasteiger partial charge in [0.05, 0.1) is 12.3 Å². The summed E-state index contributed by atoms with van der Waals surface area (Å²) in [6, 6.07) is 4.06. The van der Waals surface area contributed by atoms with Crippen molar-refractivity contribution in [1.82, 2.24) is 19.7 Å². The summed E-state index contributed by atoms with van der Waals surface area (Å²) in [5.41, 5.74) is 3.19. The molecule has 0 bridgehead atoms. The molecule has 2 heterocycles. The third-order valence-electron chi connectivity index (χ3n) is 4.16. The summed E-state index contributed by atoms with van der Waals surface area (Å²) < 4.78 is 1.72. The molecule has 0 radical (unpaired) electrons. The van der Waals surface area contributed by atoms with Crippen molar-refractivity contribution in [1.29, 1.82) is 0 Å². The summed E-state index contributed by atoms with van der Waals surface area (Å²) in [5, 5.41) is 14.9. The predicted octanol–water partition coefficient (Wildman–Crippen LogP) is 2.80. The van der Waals surface area contributed by atoms with E-state index in [1.807, 2.05) is 19.3 Å². The topological polar surface area (TPSA) is 54.2 Å². The molecule has 0 aromatic carbocycles. The molecule has 5 nitrogen and oxygen atoms in total. The highest BCUT2D eigenvalue weighted by Crippen LogP contribution is 2.24. The molecule has 1 N–H and O–H groups in total. The van der Waals surface area contributed by atoms with Gasteiger partial charge in [0.2, 0.25) is 0 Å². The first-order valence-electron chi connectivity index (χ1n) is 8.04. The SMILES string of the molecule is CCc1nn(C)c(Cl)c1CN(Cc1cccnc1)[C@@H](CC)CO. The maximum absolute atomic E-state index is 9.74. The second kappa shape index (κ2) is 8.43. The van der Waals surface area contributed by atoms with Gasteiger partial charge in [-0.25, -0.2) is 0 Å². The zero-order valence-corrected chi connectivity index (χ0v) is 14.8. The minimum atomic E-state index is 0.0798. The summed E-state index contributed by atoms with van der Waals surface area (Å²) in [6.45, 7) is 5.68. The highest BCUT2D eigenvalue weighted by atomic mass is 35.5. The molecule has 126 valence electrons. The van der Waals surface area contributed by atoms with Crippen LogP contribution in [0.15, 0.2) is 24.5 Å². The number of rotatable bonds is 8. The normalized spacial score (nSPS) is 12.8. The van der Waals surface area contributed by atoms with E-state index in [-0.39, 0.29) is 12.6 Å². The molecule has 0 amide bonds. The van der Waals surface area contributed by atoms with Crippen molar-refractivity contribution in [2.45, 2.75) is 45.8 Å². The number of aliphatic hydroxyl groups is 1. The lowest BCUT2D eigenvalue weighted by atomic mass is 10.1. The van der Waals surface area contributed by atoms with Crippen molar-refractivity contribution in [2.24, 2.45) is 7.05 Å². The molecular weight excluding hydrogens is 312 g/mol. The highest BCUT2D eigenvalue weighted by Gasteiger charge is 2.22. The Bertz CT molecular complexity index is 611. The number of aliphatic hydroxyl groups excluding tert-OH is 1. The quantitative estimate of drug-likeness (QED) is 0.805. The van der Waals surface area contributed by atoms with Crippen molar-refractivity contribution >= 4 is 11.6 Å². The molecule has 2 rings (SSSR count). The summed E-state index contributed by atoms with van der Waals surface area (Å²) >= 11 is 6.43. The van der Waals surface area contributed by atoms with Gasteiger partial charge in [-0.2, -0.15) is 5.10 Å². The Labute approximate surface area is 142 Å². The van der Waals surface area contributed by atoms with Crippen molar-refractivity contribution in [2.75, 3.05) is 6.61 Å². The van der Waals surface area contributed by atoms with Gasteiger partial charge in [0, 0.05) is 44.1 Å². The number of pyridine rings is 1. The van der Waals surface area contributed by atoms with Crippen molar-refractivity contribution < 1.29 is 5.11 Å². The third kappa shape index (κ3) is 4.31. The molecule has 2 aromatic rings. The van der Waals surface area contributed by atoms with Crippen LogP contribution in [0.2, 0.25) is 5.15 Å². The van der Waals surface area contributed by atoms with Crippen LogP contribution in [0, 0.1) is 0 Å². The van der Waals surface area contributed by atoms with Gasteiger partial charge in [0.1, 0.15) is 5.15 Å². The average Bonchev–Trinajstić information content (AvgIpc) is 2.84. The molecule has 1 atom stereocenters. The Kier molecular flexibility index (Phi) is 6.57. The van der Waals surface area contributed by atoms with Gasteiger partial charge in [0.25, 0.3) is 0 Å². The summed E-state index contributed by atoms with van der Waals surface area (Å²) in [5.74, 6) is 0. The van der Waals surface area contributed by atoms with Crippen molar-refractivity contribution in [3.63, 3.8) is 0 Å². The molecular formula is C17H25ClN4O. The highest BCUT2D eigenvalue weighted by molar-refractivity contribution is 6.30. The number of nitrogens with zero attached hydrogens (tertiary/aromatic N) is 4. The Morgan fingerprint density at radius 2 is 2.13 bits per heavy atom. The standard InChI is InChI=1S/C17H25ClN4O/c1-4-14(12-23)22(10-13-7-6-8-19-9-13)11-15-16(5-2)20-21(3)17(15)18/h6-9,14,23H,4-5,10-12H2,1-3H3/t14-/m0/s1. The maximum atomic E-state index is 9.74. The van der Waals surface area contributed by atoms with Crippen molar-refractivity contribution in [3.05, 3.63) is 46.5 Å². The number of halogens is 1. The molecule has 6 heteroatoms. The lowest BCUT2D eigenvalue weighted by Crippen LogP contribution is -2.36. The van der Waals surface area contributed by atoms with Gasteiger partial charge in [0.15, 0.2) is 0 Å². The number of aromatic nitrogens is 3. The van der Waals surface area contributed by atoms with E-state index in [2.05, 4.69) is 34.9 Å². The first kappa shape index (κ1) is 17.9. The fourth-order valence-corrected chi connectivity index (χ4v) is 2.99. The van der Waals surface area contributed by atoms with E-state index < -0.39 is 0 Å². The van der Waals surface area contributed by atoms with E-state index in [9.17, 15) is 5.11 Å². The number of hydrogen-bond acceptors (Lipinski definition) is 4. The molecule has 2 aromatic heterocycles. The Morgan fingerprint density at radius 1 is 1.35 bits per heavy atom. The van der Waals surface area contributed by atoms with Crippen LogP contribution in [0.25, 0.3) is 0 Å². The van der Waals surface area contributed by atoms with Crippen molar-refractivity contribution in [3.8, 4) is 0 Å². The van der Waals surface area contributed by atoms with E-state index in [4.69, 9.17) is 11.6 Å². The summed E-state index contributed by atoms with van der Waals surface area (Å²) in [7, 11) is 1.86. The van der Waals surface area contributed by atoms with Crippen LogP contribution < -0.4 is 0 Å². The fraction of sp³-hybridized carbons (Fsp3) is 0.529. The minimum Gasteiger partial charge on any atom is -0.395 e. The first-order chi connectivity index (χ1) is 11.1. The van der Waals surface area contributed by atoms with Gasteiger partial charge in [-0.3, -0.25) is 14.6 Å². The monoisotopic (exact) mass is 336 g/mol. The smallest absolute Gasteiger partial charge is 0.131 e. The Balaban J connectivity index is 2.27. The molecule has 0 saturated heterocycles. The third-order valence-corrected chi connectivity index (χ3v) is 4.63. The first-order valence-corrected chi connectivity index (χ1v) is 8.42. The van der Waals surface area contributed by atoms with Crippen LogP contribution in [0.5, 0.6) is 0 Å². The molecule has 0 saturated carbocycles. The summed E-state index contributed by atoms with van der Waals surface area (Å²) in [4.78, 5) is 6.43. The van der Waals surface area contributed by atoms with Gasteiger partial charge in [-0.1, -0.05) is 31.5 Å². The summed E-state index contributed by atoms with van der Waals surface area (Å²) in [6.07, 6.45) is 5.34. The fourth-order valence-electron chi connectivity index (χ4n) is 2.79. The average molecular weight is 337 g/mol. The Hall–Kier alpha value is -1.43. The van der Waals surface area contributed by atoms with E-state index in [0.717, 1.165) is 36.2 Å². The van der Waals surface area contributed by atoms with Gasteiger partial charge < -0.3 is 5.11 Å². The van der Waals surface area contributed by atoms with Crippen LogP contribution in [0.4, 0.5) is 0 Å². The van der Waals surface area contributed by atoms with E-state index >= 15 is 0 Å². The zero-order valence-electron chi connectivity index (χ0n) is 14.0. The van der Waals surface area contributed by atoms with Crippen LogP contribution in [0.3, 0.4) is 0 Å². The van der Waals surface area contributed by atoms with Gasteiger partial charge in [-0.05, 0) is 24.5 Å². The molecule has 0 aliphatic rings. The zero-order chi connectivity index (χ0) is 16.8. The van der Waals surface area contributed by atoms with Crippen LogP contribution in [0.1, 0.15) is 37.1 Å². The lowest BCUT2D eigenvalue weighted by molar-refractivity contribution is 0.106. The van der Waals surface area contributed by atoms with E-state index in [1.165, 1.54) is 0 Å². The molecule has 0 aliphatic heterocycles. The van der Waals surface area contributed by atoms with E-state index in [0.29, 0.717) is 11.7 Å². The van der Waals surface area contributed by atoms with Crippen LogP contribution in [-0.4, -0.2) is 37.4 Å². The molecule has 0 fully saturated rings. The molecule has 0 spiro atoms. The molecule has 0 aliphatic carbocycles. The lowest BCUT2D eigenvalue weighted by Gasteiger charge is -2.30. The molecule has 0 unspecified atom stereocenters. The van der Waals surface area contributed by atoms with Crippen LogP contribution in [-0.2, 0) is 26.6 Å².